The van der Waals surface area contributed by atoms with E-state index >= 15 is 0 Å². The lowest BCUT2D eigenvalue weighted by Crippen LogP contribution is -2.46. The van der Waals surface area contributed by atoms with Crippen LogP contribution in [-0.2, 0) is 30.5 Å². The van der Waals surface area contributed by atoms with Crippen LogP contribution in [0.15, 0.2) is 97.3 Å². The number of nitrogens with one attached hydrogen (secondary N) is 1. The van der Waals surface area contributed by atoms with Gasteiger partial charge in [0.2, 0.25) is 5.91 Å². The van der Waals surface area contributed by atoms with Gasteiger partial charge in [0.25, 0.3) is 0 Å². The summed E-state index contributed by atoms with van der Waals surface area (Å²) in [5.41, 5.74) is 4.38. The fourth-order valence-electron chi connectivity index (χ4n) is 4.91. The van der Waals surface area contributed by atoms with E-state index < -0.39 is 35.2 Å². The van der Waals surface area contributed by atoms with Crippen LogP contribution in [0.25, 0.3) is 16.8 Å². The molecule has 0 saturated carbocycles. The molecule has 1 saturated heterocycles. The molecule has 8 heteroatoms. The van der Waals surface area contributed by atoms with Crippen molar-refractivity contribution in [3.8, 4) is 22.9 Å². The average Bonchev–Trinajstić information content (AvgIpc) is 3.60. The molecule has 2 atom stereocenters. The predicted octanol–water partition coefficient (Wildman–Crippen LogP) is 5.30. The molecule has 1 fully saturated rings. The highest BCUT2D eigenvalue weighted by atomic mass is 16.5. The first-order valence-corrected chi connectivity index (χ1v) is 13.7. The van der Waals surface area contributed by atoms with Gasteiger partial charge in [-0.3, -0.25) is 9.59 Å². The van der Waals surface area contributed by atoms with Crippen LogP contribution in [0.1, 0.15) is 42.9 Å². The van der Waals surface area contributed by atoms with E-state index in [0.717, 1.165) is 22.4 Å². The van der Waals surface area contributed by atoms with Gasteiger partial charge in [-0.05, 0) is 52.6 Å². The summed E-state index contributed by atoms with van der Waals surface area (Å²) >= 11 is 0. The third-order valence-corrected chi connectivity index (χ3v) is 7.44. The number of amides is 1. The first-order valence-electron chi connectivity index (χ1n) is 13.7. The predicted molar refractivity (Wildman–Crippen MR) is 156 cm³/mol. The fraction of sp³-hybridized carbons (Fsp3) is 0.235. The van der Waals surface area contributed by atoms with E-state index in [9.17, 15) is 14.4 Å². The molecule has 0 radical (unpaired) electrons. The quantitative estimate of drug-likeness (QED) is 0.278. The third-order valence-electron chi connectivity index (χ3n) is 7.44. The summed E-state index contributed by atoms with van der Waals surface area (Å²) in [4.78, 5) is 38.7. The number of hydrogen-bond donors (Lipinski definition) is 1. The van der Waals surface area contributed by atoms with Crippen LogP contribution in [0.4, 0.5) is 0 Å². The number of benzene rings is 3. The topological polar surface area (TPSA) is 110 Å². The van der Waals surface area contributed by atoms with Gasteiger partial charge >= 0.3 is 11.9 Å². The highest BCUT2D eigenvalue weighted by Crippen LogP contribution is 2.30. The zero-order valence-electron chi connectivity index (χ0n) is 23.4. The number of cyclic esters (lactones) is 1. The number of aromatic nitrogens is 1. The molecule has 2 heterocycles. The minimum absolute atomic E-state index is 0.0806. The maximum Gasteiger partial charge on any atom is 0.329 e. The second-order valence-electron chi connectivity index (χ2n) is 11.0. The van der Waals surface area contributed by atoms with Gasteiger partial charge in [0.05, 0.1) is 24.2 Å². The first kappa shape index (κ1) is 28.4. The molecule has 212 valence electrons. The normalized spacial score (nSPS) is 16.2. The van der Waals surface area contributed by atoms with E-state index in [-0.39, 0.29) is 19.6 Å². The summed E-state index contributed by atoms with van der Waals surface area (Å²) in [6.07, 6.45) is 3.46. The Kier molecular flexibility index (Phi) is 8.21. The Balaban J connectivity index is 1.34. The van der Waals surface area contributed by atoms with Gasteiger partial charge in [0, 0.05) is 29.9 Å². The molecule has 1 unspecified atom stereocenters. The number of rotatable bonds is 9. The Bertz CT molecular complexity index is 1620. The molecule has 8 nitrogen and oxygen atoms in total. The van der Waals surface area contributed by atoms with Crippen molar-refractivity contribution in [3.05, 3.63) is 114 Å². The number of hydrogen-bond acceptors (Lipinski definition) is 6. The number of nitriles is 1. The third kappa shape index (κ3) is 6.42. The minimum Gasteiger partial charge on any atom is -0.463 e. The van der Waals surface area contributed by atoms with Crippen molar-refractivity contribution in [2.45, 2.75) is 38.8 Å². The fourth-order valence-corrected chi connectivity index (χ4v) is 4.91. The van der Waals surface area contributed by atoms with E-state index in [2.05, 4.69) is 11.4 Å². The molecule has 1 N–H and O–H groups in total. The van der Waals surface area contributed by atoms with E-state index in [1.807, 2.05) is 97.5 Å². The molecule has 1 amide bonds. The molecule has 1 aliphatic heterocycles. The maximum absolute atomic E-state index is 13.4. The number of ether oxygens (including phenoxy) is 2. The Morgan fingerprint density at radius 3 is 2.31 bits per heavy atom. The molecule has 1 aromatic heterocycles. The molecular weight excluding hydrogens is 530 g/mol. The van der Waals surface area contributed by atoms with E-state index in [1.54, 1.807) is 18.2 Å². The van der Waals surface area contributed by atoms with Gasteiger partial charge in [0.1, 0.15) is 12.6 Å². The molecule has 4 aromatic rings. The van der Waals surface area contributed by atoms with Crippen LogP contribution in [0.2, 0.25) is 0 Å². The highest BCUT2D eigenvalue weighted by molar-refractivity contribution is 5.90. The summed E-state index contributed by atoms with van der Waals surface area (Å²) in [5, 5.41) is 11.8. The van der Waals surface area contributed by atoms with Crippen LogP contribution < -0.4 is 5.32 Å². The van der Waals surface area contributed by atoms with E-state index in [1.165, 1.54) is 0 Å². The summed E-state index contributed by atoms with van der Waals surface area (Å²) in [6, 6.07) is 27.7. The number of carbonyl (C=O) groups excluding carboxylic acids is 3. The van der Waals surface area contributed by atoms with Crippen LogP contribution in [0.3, 0.4) is 0 Å². The molecule has 3 aromatic carbocycles. The van der Waals surface area contributed by atoms with Crippen molar-refractivity contribution in [2.75, 3.05) is 6.61 Å². The van der Waals surface area contributed by atoms with Gasteiger partial charge in [-0.1, -0.05) is 68.4 Å². The summed E-state index contributed by atoms with van der Waals surface area (Å²) < 4.78 is 12.7. The second kappa shape index (κ2) is 12.1. The lowest BCUT2D eigenvalue weighted by molar-refractivity contribution is -0.148. The standard InChI is InChI=1S/C34H31N3O5/c1-34(2)22-42-33(40)31(34)36-30(38)18-29(32(39)41-21-24-6-4-3-5-7-24)27-16-17-37(20-27)28-14-12-26(13-15-28)25-10-8-23(19-35)9-11-25/h3-17,20,29,31H,18,21-22H2,1-2H3,(H,36,38)/t29?,31-/m1/s1. The minimum atomic E-state index is -0.881. The van der Waals surface area contributed by atoms with Gasteiger partial charge in [-0.2, -0.15) is 5.26 Å². The number of nitrogens with zero attached hydrogens (tertiary/aromatic N) is 2. The molecule has 5 rings (SSSR count). The van der Waals surface area contributed by atoms with Crippen molar-refractivity contribution in [1.82, 2.24) is 9.88 Å². The molecule has 1 aliphatic rings. The van der Waals surface area contributed by atoms with Crippen LogP contribution in [0.5, 0.6) is 0 Å². The van der Waals surface area contributed by atoms with Gasteiger partial charge in [-0.25, -0.2) is 4.79 Å². The zero-order chi connectivity index (χ0) is 29.7. The summed E-state index contributed by atoms with van der Waals surface area (Å²) in [7, 11) is 0. The van der Waals surface area contributed by atoms with Gasteiger partial charge < -0.3 is 19.4 Å². The Hall–Kier alpha value is -5.16. The smallest absolute Gasteiger partial charge is 0.329 e. The lowest BCUT2D eigenvalue weighted by atomic mass is 9.87. The molecule has 0 bridgehead atoms. The summed E-state index contributed by atoms with van der Waals surface area (Å²) in [5.74, 6) is -2.33. The van der Waals surface area contributed by atoms with Crippen LogP contribution in [0, 0.1) is 16.7 Å². The Morgan fingerprint density at radius 2 is 1.69 bits per heavy atom. The van der Waals surface area contributed by atoms with Crippen molar-refractivity contribution in [3.63, 3.8) is 0 Å². The van der Waals surface area contributed by atoms with E-state index in [0.29, 0.717) is 11.1 Å². The first-order chi connectivity index (χ1) is 20.2. The second-order valence-corrected chi connectivity index (χ2v) is 11.0. The van der Waals surface area contributed by atoms with Crippen LogP contribution in [-0.4, -0.2) is 35.1 Å². The van der Waals surface area contributed by atoms with Crippen molar-refractivity contribution in [1.29, 1.82) is 5.26 Å². The molecule has 42 heavy (non-hydrogen) atoms. The SMILES string of the molecule is CC1(C)COC(=O)[C@H]1NC(=O)CC(C(=O)OCc1ccccc1)c1ccn(-c2ccc(-c3ccc(C#N)cc3)cc2)c1. The molecular formula is C34H31N3O5. The van der Waals surface area contributed by atoms with Crippen molar-refractivity contribution >= 4 is 17.8 Å². The van der Waals surface area contributed by atoms with Gasteiger partial charge in [0.15, 0.2) is 0 Å². The molecule has 0 spiro atoms. The Morgan fingerprint density at radius 1 is 1.02 bits per heavy atom. The van der Waals surface area contributed by atoms with E-state index in [4.69, 9.17) is 14.7 Å². The van der Waals surface area contributed by atoms with Crippen LogP contribution >= 0.6 is 0 Å². The number of esters is 2. The summed E-state index contributed by atoms with van der Waals surface area (Å²) in [6.45, 7) is 3.99. The monoisotopic (exact) mass is 561 g/mol. The highest BCUT2D eigenvalue weighted by Gasteiger charge is 2.44. The van der Waals surface area contributed by atoms with Crippen molar-refractivity contribution < 1.29 is 23.9 Å². The Labute approximate surface area is 244 Å². The number of carbonyl (C=O) groups is 3. The van der Waals surface area contributed by atoms with Crippen molar-refractivity contribution in [2.24, 2.45) is 5.41 Å². The van der Waals surface area contributed by atoms with Gasteiger partial charge in [-0.15, -0.1) is 0 Å². The average molecular weight is 562 g/mol. The lowest BCUT2D eigenvalue weighted by Gasteiger charge is -2.23. The zero-order valence-corrected chi connectivity index (χ0v) is 23.4. The maximum atomic E-state index is 13.4. The molecule has 0 aliphatic carbocycles. The largest absolute Gasteiger partial charge is 0.463 e.